The fraction of sp³-hybridized carbons (Fsp3) is 0.417. The van der Waals surface area contributed by atoms with Crippen molar-refractivity contribution in [3.05, 3.63) is 34.1 Å². The van der Waals surface area contributed by atoms with E-state index in [-0.39, 0.29) is 17.3 Å². The van der Waals surface area contributed by atoms with Crippen molar-refractivity contribution < 1.29 is 9.18 Å². The Labute approximate surface area is 97.8 Å². The van der Waals surface area contributed by atoms with Gasteiger partial charge in [0.15, 0.2) is 5.78 Å². The summed E-state index contributed by atoms with van der Waals surface area (Å²) in [5, 5.41) is 0. The standard InChI is InChI=1S/C12H14BrFO/c1-3-5-8(2)12(15)9-6-4-7-10(13)11(9)14/h4,6-8H,3,5H2,1-2H3. The van der Waals surface area contributed by atoms with Crippen LogP contribution in [0.15, 0.2) is 22.7 Å². The fourth-order valence-electron chi connectivity index (χ4n) is 1.52. The van der Waals surface area contributed by atoms with E-state index in [4.69, 9.17) is 0 Å². The third-order valence-electron chi connectivity index (χ3n) is 2.39. The van der Waals surface area contributed by atoms with E-state index in [1.807, 2.05) is 13.8 Å². The SMILES string of the molecule is CCCC(C)C(=O)c1cccc(Br)c1F. The monoisotopic (exact) mass is 272 g/mol. The van der Waals surface area contributed by atoms with Gasteiger partial charge in [0.1, 0.15) is 5.82 Å². The molecule has 1 rings (SSSR count). The van der Waals surface area contributed by atoms with Crippen LogP contribution in [0.1, 0.15) is 37.0 Å². The number of halogens is 2. The third kappa shape index (κ3) is 2.88. The number of rotatable bonds is 4. The van der Waals surface area contributed by atoms with Crippen LogP contribution in [0.3, 0.4) is 0 Å². The number of carbonyl (C=O) groups excluding carboxylic acids is 1. The lowest BCUT2D eigenvalue weighted by Gasteiger charge is -2.10. The Morgan fingerprint density at radius 3 is 2.80 bits per heavy atom. The molecule has 0 aromatic heterocycles. The van der Waals surface area contributed by atoms with Crippen LogP contribution in [-0.4, -0.2) is 5.78 Å². The van der Waals surface area contributed by atoms with Crippen molar-refractivity contribution in [2.75, 3.05) is 0 Å². The summed E-state index contributed by atoms with van der Waals surface area (Å²) < 4.78 is 13.9. The summed E-state index contributed by atoms with van der Waals surface area (Å²) in [6.07, 6.45) is 1.73. The molecule has 82 valence electrons. The molecule has 0 N–H and O–H groups in total. The number of hydrogen-bond donors (Lipinski definition) is 0. The van der Waals surface area contributed by atoms with Crippen molar-refractivity contribution in [3.8, 4) is 0 Å². The molecule has 0 saturated heterocycles. The van der Waals surface area contributed by atoms with Crippen LogP contribution in [0.2, 0.25) is 0 Å². The van der Waals surface area contributed by atoms with Crippen LogP contribution in [0.5, 0.6) is 0 Å². The highest BCUT2D eigenvalue weighted by Gasteiger charge is 2.18. The van der Waals surface area contributed by atoms with Crippen LogP contribution in [0.25, 0.3) is 0 Å². The lowest BCUT2D eigenvalue weighted by molar-refractivity contribution is 0.0919. The number of ketones is 1. The molecule has 0 aliphatic rings. The highest BCUT2D eigenvalue weighted by atomic mass is 79.9. The van der Waals surface area contributed by atoms with Crippen molar-refractivity contribution in [1.82, 2.24) is 0 Å². The Kier molecular flexibility index (Phi) is 4.45. The second-order valence-electron chi connectivity index (χ2n) is 3.66. The van der Waals surface area contributed by atoms with Gasteiger partial charge in [-0.3, -0.25) is 4.79 Å². The van der Waals surface area contributed by atoms with Gasteiger partial charge in [-0.25, -0.2) is 4.39 Å². The van der Waals surface area contributed by atoms with Gasteiger partial charge in [-0.2, -0.15) is 0 Å². The molecule has 1 aromatic carbocycles. The molecule has 3 heteroatoms. The molecule has 0 aliphatic heterocycles. The van der Waals surface area contributed by atoms with E-state index in [9.17, 15) is 9.18 Å². The highest BCUT2D eigenvalue weighted by molar-refractivity contribution is 9.10. The van der Waals surface area contributed by atoms with E-state index in [1.165, 1.54) is 6.07 Å². The van der Waals surface area contributed by atoms with Crippen molar-refractivity contribution in [2.45, 2.75) is 26.7 Å². The Morgan fingerprint density at radius 2 is 2.20 bits per heavy atom. The van der Waals surface area contributed by atoms with E-state index < -0.39 is 5.82 Å². The zero-order valence-electron chi connectivity index (χ0n) is 8.89. The molecule has 1 unspecified atom stereocenters. The molecule has 0 radical (unpaired) electrons. The number of benzene rings is 1. The van der Waals surface area contributed by atoms with Gasteiger partial charge in [0, 0.05) is 5.92 Å². The Hall–Kier alpha value is -0.700. The summed E-state index contributed by atoms with van der Waals surface area (Å²) in [5.74, 6) is -0.681. The van der Waals surface area contributed by atoms with Crippen molar-refractivity contribution in [2.24, 2.45) is 5.92 Å². The van der Waals surface area contributed by atoms with Gasteiger partial charge in [-0.15, -0.1) is 0 Å². The van der Waals surface area contributed by atoms with Crippen LogP contribution >= 0.6 is 15.9 Å². The van der Waals surface area contributed by atoms with Crippen molar-refractivity contribution >= 4 is 21.7 Å². The molecule has 1 nitrogen and oxygen atoms in total. The van der Waals surface area contributed by atoms with E-state index in [1.54, 1.807) is 12.1 Å². The first-order chi connectivity index (χ1) is 7.07. The van der Waals surface area contributed by atoms with Gasteiger partial charge in [0.2, 0.25) is 0 Å². The van der Waals surface area contributed by atoms with E-state index >= 15 is 0 Å². The zero-order chi connectivity index (χ0) is 11.4. The molecule has 0 bridgehead atoms. The molecule has 0 fully saturated rings. The van der Waals surface area contributed by atoms with Crippen LogP contribution < -0.4 is 0 Å². The first-order valence-electron chi connectivity index (χ1n) is 5.06. The smallest absolute Gasteiger partial charge is 0.168 e. The Bertz CT molecular complexity index is 363. The average molecular weight is 273 g/mol. The topological polar surface area (TPSA) is 17.1 Å². The minimum atomic E-state index is -0.453. The van der Waals surface area contributed by atoms with E-state index in [2.05, 4.69) is 15.9 Å². The summed E-state index contributed by atoms with van der Waals surface area (Å²) in [6, 6.07) is 4.81. The molecular formula is C12H14BrFO. The Morgan fingerprint density at radius 1 is 1.53 bits per heavy atom. The summed E-state index contributed by atoms with van der Waals surface area (Å²) in [6.45, 7) is 3.85. The summed E-state index contributed by atoms with van der Waals surface area (Å²) in [7, 11) is 0. The van der Waals surface area contributed by atoms with E-state index in [0.29, 0.717) is 4.47 Å². The third-order valence-corrected chi connectivity index (χ3v) is 3.00. The highest BCUT2D eigenvalue weighted by Crippen LogP contribution is 2.22. The van der Waals surface area contributed by atoms with Gasteiger partial charge in [0.25, 0.3) is 0 Å². The van der Waals surface area contributed by atoms with E-state index in [0.717, 1.165) is 12.8 Å². The summed E-state index contributed by atoms with van der Waals surface area (Å²) in [5.41, 5.74) is 0.185. The average Bonchev–Trinajstić information content (AvgIpc) is 2.21. The number of hydrogen-bond acceptors (Lipinski definition) is 1. The fourth-order valence-corrected chi connectivity index (χ4v) is 1.89. The van der Waals surface area contributed by atoms with Gasteiger partial charge in [0.05, 0.1) is 10.0 Å². The maximum Gasteiger partial charge on any atom is 0.168 e. The first-order valence-corrected chi connectivity index (χ1v) is 5.85. The minimum absolute atomic E-state index is 0.112. The normalized spacial score (nSPS) is 12.5. The second-order valence-corrected chi connectivity index (χ2v) is 4.51. The maximum absolute atomic E-state index is 13.6. The number of Topliss-reactive ketones (excluding diaryl/α,β-unsaturated/α-hetero) is 1. The summed E-state index contributed by atoms with van der Waals surface area (Å²) in [4.78, 5) is 11.8. The largest absolute Gasteiger partial charge is 0.294 e. The predicted molar refractivity (Wildman–Crippen MR) is 62.5 cm³/mol. The lowest BCUT2D eigenvalue weighted by atomic mass is 9.95. The van der Waals surface area contributed by atoms with Crippen molar-refractivity contribution in [3.63, 3.8) is 0 Å². The van der Waals surface area contributed by atoms with Gasteiger partial charge in [-0.05, 0) is 34.5 Å². The molecule has 15 heavy (non-hydrogen) atoms. The molecule has 0 amide bonds. The van der Waals surface area contributed by atoms with Crippen LogP contribution in [0.4, 0.5) is 4.39 Å². The minimum Gasteiger partial charge on any atom is -0.294 e. The van der Waals surface area contributed by atoms with Gasteiger partial charge >= 0.3 is 0 Å². The molecule has 0 saturated carbocycles. The molecule has 0 spiro atoms. The molecule has 1 aromatic rings. The van der Waals surface area contributed by atoms with Crippen LogP contribution in [-0.2, 0) is 0 Å². The van der Waals surface area contributed by atoms with Gasteiger partial charge in [-0.1, -0.05) is 26.3 Å². The zero-order valence-corrected chi connectivity index (χ0v) is 10.5. The predicted octanol–water partition coefficient (Wildman–Crippen LogP) is 4.21. The molecular weight excluding hydrogens is 259 g/mol. The maximum atomic E-state index is 13.6. The molecule has 0 aliphatic carbocycles. The summed E-state index contributed by atoms with van der Waals surface area (Å²) >= 11 is 3.08. The first kappa shape index (κ1) is 12.4. The Balaban J connectivity index is 2.96. The van der Waals surface area contributed by atoms with Gasteiger partial charge < -0.3 is 0 Å². The van der Waals surface area contributed by atoms with Crippen molar-refractivity contribution in [1.29, 1.82) is 0 Å². The second kappa shape index (κ2) is 5.40. The molecule has 0 heterocycles. The van der Waals surface area contributed by atoms with Crippen LogP contribution in [0, 0.1) is 11.7 Å². The quantitative estimate of drug-likeness (QED) is 0.751. The number of carbonyl (C=O) groups is 1. The molecule has 1 atom stereocenters. The lowest BCUT2D eigenvalue weighted by Crippen LogP contribution is -2.13.